The van der Waals surface area contributed by atoms with Crippen molar-refractivity contribution in [2.24, 2.45) is 0 Å². The van der Waals surface area contributed by atoms with Crippen LogP contribution in [0.4, 0.5) is 0 Å². The van der Waals surface area contributed by atoms with Gasteiger partial charge in [-0.05, 0) is 30.0 Å². The number of hydrogen-bond donors (Lipinski definition) is 1. The summed E-state index contributed by atoms with van der Waals surface area (Å²) in [5, 5.41) is 13.4. The monoisotopic (exact) mass is 299 g/mol. The summed E-state index contributed by atoms with van der Waals surface area (Å²) < 4.78 is 1.60. The Bertz CT molecular complexity index is 814. The largest absolute Gasteiger partial charge is 0.478 e. The van der Waals surface area contributed by atoms with Crippen LogP contribution in [0.15, 0.2) is 47.5 Å². The Morgan fingerprint density at radius 1 is 1.33 bits per heavy atom. The van der Waals surface area contributed by atoms with Gasteiger partial charge in [0.05, 0.1) is 5.56 Å². The van der Waals surface area contributed by atoms with Gasteiger partial charge in [-0.25, -0.2) is 14.3 Å². The van der Waals surface area contributed by atoms with E-state index in [1.165, 1.54) is 22.6 Å². The van der Waals surface area contributed by atoms with Crippen molar-refractivity contribution in [2.75, 3.05) is 6.26 Å². The van der Waals surface area contributed by atoms with Gasteiger partial charge >= 0.3 is 5.97 Å². The molecule has 0 radical (unpaired) electrons. The minimum Gasteiger partial charge on any atom is -0.478 e. The number of pyridine rings is 1. The maximum absolute atomic E-state index is 11.0. The SMILES string of the molecule is CSc1ccccc1Cc1nc2cc(C(=O)O)ccn2n1. The van der Waals surface area contributed by atoms with Crippen LogP contribution in [-0.2, 0) is 6.42 Å². The first-order chi connectivity index (χ1) is 10.2. The van der Waals surface area contributed by atoms with Crippen LogP contribution in [0.1, 0.15) is 21.7 Å². The summed E-state index contributed by atoms with van der Waals surface area (Å²) in [6, 6.07) is 11.2. The van der Waals surface area contributed by atoms with Gasteiger partial charge in [0, 0.05) is 17.5 Å². The van der Waals surface area contributed by atoms with E-state index in [1.807, 2.05) is 18.4 Å². The predicted molar refractivity (Wildman–Crippen MR) is 81.0 cm³/mol. The molecule has 0 aliphatic heterocycles. The highest BCUT2D eigenvalue weighted by atomic mass is 32.2. The number of nitrogens with zero attached hydrogens (tertiary/aromatic N) is 3. The zero-order valence-electron chi connectivity index (χ0n) is 11.4. The summed E-state index contributed by atoms with van der Waals surface area (Å²) >= 11 is 1.69. The van der Waals surface area contributed by atoms with E-state index in [0.717, 1.165) is 0 Å². The molecule has 2 aromatic heterocycles. The van der Waals surface area contributed by atoms with Gasteiger partial charge in [-0.15, -0.1) is 11.8 Å². The fourth-order valence-electron chi connectivity index (χ4n) is 2.15. The Kier molecular flexibility index (Phi) is 3.62. The normalized spacial score (nSPS) is 10.9. The van der Waals surface area contributed by atoms with E-state index in [-0.39, 0.29) is 5.56 Å². The molecule has 0 saturated carbocycles. The van der Waals surface area contributed by atoms with Crippen molar-refractivity contribution in [3.8, 4) is 0 Å². The smallest absolute Gasteiger partial charge is 0.335 e. The average Bonchev–Trinajstić information content (AvgIpc) is 2.89. The second-order valence-corrected chi connectivity index (χ2v) is 5.39. The van der Waals surface area contributed by atoms with Crippen molar-refractivity contribution in [3.63, 3.8) is 0 Å². The van der Waals surface area contributed by atoms with E-state index >= 15 is 0 Å². The number of aromatic nitrogens is 3. The van der Waals surface area contributed by atoms with Crippen LogP contribution in [0.25, 0.3) is 5.65 Å². The lowest BCUT2D eigenvalue weighted by molar-refractivity contribution is 0.0697. The highest BCUT2D eigenvalue weighted by molar-refractivity contribution is 7.98. The molecule has 3 aromatic rings. The number of aromatic carboxylic acids is 1. The van der Waals surface area contributed by atoms with E-state index in [1.54, 1.807) is 22.5 Å². The number of thioether (sulfide) groups is 1. The molecular formula is C15H13N3O2S. The molecule has 5 nitrogen and oxygen atoms in total. The van der Waals surface area contributed by atoms with Crippen LogP contribution in [0.2, 0.25) is 0 Å². The number of carboxylic acids is 1. The summed E-state index contributed by atoms with van der Waals surface area (Å²) in [5.74, 6) is -0.284. The van der Waals surface area contributed by atoms with E-state index in [9.17, 15) is 4.79 Å². The predicted octanol–water partition coefficient (Wildman–Crippen LogP) is 2.74. The molecule has 1 N–H and O–H groups in total. The quantitative estimate of drug-likeness (QED) is 0.750. The van der Waals surface area contributed by atoms with Crippen molar-refractivity contribution >= 4 is 23.4 Å². The number of fused-ring (bicyclic) bond motifs is 1. The van der Waals surface area contributed by atoms with Gasteiger partial charge in [-0.1, -0.05) is 18.2 Å². The fourth-order valence-corrected chi connectivity index (χ4v) is 2.77. The molecule has 0 aliphatic rings. The summed E-state index contributed by atoms with van der Waals surface area (Å²) in [5.41, 5.74) is 1.93. The Morgan fingerprint density at radius 3 is 2.90 bits per heavy atom. The Morgan fingerprint density at radius 2 is 2.14 bits per heavy atom. The van der Waals surface area contributed by atoms with Gasteiger partial charge in [-0.2, -0.15) is 5.10 Å². The van der Waals surface area contributed by atoms with Crippen molar-refractivity contribution in [2.45, 2.75) is 11.3 Å². The van der Waals surface area contributed by atoms with Crippen molar-refractivity contribution in [1.29, 1.82) is 0 Å². The van der Waals surface area contributed by atoms with Crippen LogP contribution in [0.3, 0.4) is 0 Å². The molecule has 106 valence electrons. The number of rotatable bonds is 4. The number of benzene rings is 1. The summed E-state index contributed by atoms with van der Waals surface area (Å²) in [4.78, 5) is 16.6. The Hall–Kier alpha value is -2.34. The molecule has 0 spiro atoms. The molecule has 0 aliphatic carbocycles. The van der Waals surface area contributed by atoms with Crippen molar-refractivity contribution < 1.29 is 9.90 Å². The zero-order chi connectivity index (χ0) is 14.8. The molecule has 0 atom stereocenters. The second-order valence-electron chi connectivity index (χ2n) is 4.54. The lowest BCUT2D eigenvalue weighted by atomic mass is 10.1. The van der Waals surface area contributed by atoms with Gasteiger partial charge in [0.2, 0.25) is 0 Å². The standard InChI is InChI=1S/C15H13N3O2S/c1-21-12-5-3-2-4-10(12)8-13-16-14-9-11(15(19)20)6-7-18(14)17-13/h2-7,9H,8H2,1H3,(H,19,20). The number of carboxylic acid groups (broad SMARTS) is 1. The minimum atomic E-state index is -0.963. The third kappa shape index (κ3) is 2.75. The lowest BCUT2D eigenvalue weighted by Gasteiger charge is -2.03. The van der Waals surface area contributed by atoms with E-state index in [2.05, 4.69) is 22.2 Å². The average molecular weight is 299 g/mol. The van der Waals surface area contributed by atoms with E-state index < -0.39 is 5.97 Å². The molecule has 6 heteroatoms. The van der Waals surface area contributed by atoms with Crippen LogP contribution in [0, 0.1) is 0 Å². The summed E-state index contributed by atoms with van der Waals surface area (Å²) in [7, 11) is 0. The maximum atomic E-state index is 11.0. The molecule has 0 amide bonds. The lowest BCUT2D eigenvalue weighted by Crippen LogP contribution is -1.97. The van der Waals surface area contributed by atoms with Gasteiger partial charge in [-0.3, -0.25) is 0 Å². The number of carbonyl (C=O) groups is 1. The fraction of sp³-hybridized carbons (Fsp3) is 0.133. The molecule has 0 unspecified atom stereocenters. The van der Waals surface area contributed by atoms with Crippen LogP contribution in [-0.4, -0.2) is 31.9 Å². The first-order valence-corrected chi connectivity index (χ1v) is 7.60. The third-order valence-corrected chi connectivity index (χ3v) is 4.01. The molecule has 0 saturated heterocycles. The second kappa shape index (κ2) is 5.57. The molecule has 21 heavy (non-hydrogen) atoms. The molecule has 3 rings (SSSR count). The van der Waals surface area contributed by atoms with Gasteiger partial charge in [0.25, 0.3) is 0 Å². The zero-order valence-corrected chi connectivity index (χ0v) is 12.2. The highest BCUT2D eigenvalue weighted by Crippen LogP contribution is 2.21. The summed E-state index contributed by atoms with van der Waals surface area (Å²) in [6.45, 7) is 0. The Labute approximate surface area is 125 Å². The molecule has 1 aromatic carbocycles. The molecule has 0 bridgehead atoms. The van der Waals surface area contributed by atoms with Gasteiger partial charge < -0.3 is 5.11 Å². The maximum Gasteiger partial charge on any atom is 0.335 e. The van der Waals surface area contributed by atoms with Gasteiger partial charge in [0.1, 0.15) is 0 Å². The molecule has 2 heterocycles. The molecule has 0 fully saturated rings. The van der Waals surface area contributed by atoms with Crippen LogP contribution in [0.5, 0.6) is 0 Å². The van der Waals surface area contributed by atoms with Gasteiger partial charge in [0.15, 0.2) is 11.5 Å². The first kappa shape index (κ1) is 13.6. The third-order valence-electron chi connectivity index (χ3n) is 3.17. The van der Waals surface area contributed by atoms with Crippen LogP contribution < -0.4 is 0 Å². The van der Waals surface area contributed by atoms with E-state index in [0.29, 0.717) is 17.9 Å². The topological polar surface area (TPSA) is 67.5 Å². The Balaban J connectivity index is 1.96. The molecular weight excluding hydrogens is 286 g/mol. The minimum absolute atomic E-state index is 0.214. The van der Waals surface area contributed by atoms with Crippen molar-refractivity contribution in [1.82, 2.24) is 14.6 Å². The van der Waals surface area contributed by atoms with Crippen molar-refractivity contribution in [3.05, 3.63) is 59.5 Å². The number of hydrogen-bond acceptors (Lipinski definition) is 4. The highest BCUT2D eigenvalue weighted by Gasteiger charge is 2.10. The first-order valence-electron chi connectivity index (χ1n) is 6.38. The van der Waals surface area contributed by atoms with E-state index in [4.69, 9.17) is 5.11 Å². The van der Waals surface area contributed by atoms with Crippen LogP contribution >= 0.6 is 11.8 Å². The summed E-state index contributed by atoms with van der Waals surface area (Å²) in [6.07, 6.45) is 4.28.